The summed E-state index contributed by atoms with van der Waals surface area (Å²) in [5, 5.41) is 3.37. The number of nitrogens with one attached hydrogen (secondary N) is 1. The number of anilines is 1. The first kappa shape index (κ1) is 11.2. The highest BCUT2D eigenvalue weighted by molar-refractivity contribution is 9.10. The molecule has 1 atom stereocenters. The smallest absolute Gasteiger partial charge is 0.130 e. The van der Waals surface area contributed by atoms with Gasteiger partial charge in [0.25, 0.3) is 0 Å². The van der Waals surface area contributed by atoms with Gasteiger partial charge in [-0.3, -0.25) is 0 Å². The van der Waals surface area contributed by atoms with Crippen LogP contribution >= 0.6 is 27.7 Å². The van der Waals surface area contributed by atoms with Crippen molar-refractivity contribution >= 4 is 33.5 Å². The molecule has 1 aromatic rings. The van der Waals surface area contributed by atoms with Crippen molar-refractivity contribution in [2.24, 2.45) is 5.92 Å². The third-order valence-electron chi connectivity index (χ3n) is 2.40. The zero-order valence-electron chi connectivity index (χ0n) is 8.66. The molecule has 5 heteroatoms. The van der Waals surface area contributed by atoms with Gasteiger partial charge >= 0.3 is 0 Å². The Bertz CT molecular complexity index is 319. The van der Waals surface area contributed by atoms with Crippen LogP contribution in [0.2, 0.25) is 0 Å². The molecule has 1 saturated heterocycles. The Balaban J connectivity index is 1.92. The van der Waals surface area contributed by atoms with Crippen LogP contribution in [0.25, 0.3) is 0 Å². The highest BCUT2D eigenvalue weighted by Crippen LogP contribution is 2.23. The van der Waals surface area contributed by atoms with E-state index in [9.17, 15) is 0 Å². The normalized spacial score (nSPS) is 20.5. The molecular weight excluding hydrogens is 274 g/mol. The predicted octanol–water partition coefficient (Wildman–Crippen LogP) is 2.71. The number of rotatable bonds is 3. The first-order valence-corrected chi connectivity index (χ1v) is 7.01. The fraction of sp³-hybridized carbons (Fsp3) is 0.600. The number of hydrogen-bond acceptors (Lipinski definition) is 4. The third kappa shape index (κ3) is 3.34. The highest BCUT2D eigenvalue weighted by atomic mass is 79.9. The number of hydrogen-bond donors (Lipinski definition) is 1. The first-order chi connectivity index (χ1) is 7.24. The highest BCUT2D eigenvalue weighted by Gasteiger charge is 2.15. The lowest BCUT2D eigenvalue weighted by atomic mass is 10.1. The van der Waals surface area contributed by atoms with E-state index >= 15 is 0 Å². The van der Waals surface area contributed by atoms with Crippen LogP contribution < -0.4 is 5.32 Å². The molecule has 82 valence electrons. The Hall–Kier alpha value is -0.290. The summed E-state index contributed by atoms with van der Waals surface area (Å²) in [6.45, 7) is 2.93. The van der Waals surface area contributed by atoms with E-state index in [0.29, 0.717) is 0 Å². The lowest BCUT2D eigenvalue weighted by molar-refractivity contribution is 0.630. The summed E-state index contributed by atoms with van der Waals surface area (Å²) in [4.78, 5) is 8.51. The fourth-order valence-electron chi connectivity index (χ4n) is 1.62. The van der Waals surface area contributed by atoms with Gasteiger partial charge in [-0.25, -0.2) is 9.97 Å². The molecule has 1 fully saturated rings. The summed E-state index contributed by atoms with van der Waals surface area (Å²) in [5.74, 6) is 5.10. The number of aryl methyl sites for hydroxylation is 1. The maximum absolute atomic E-state index is 4.34. The van der Waals surface area contributed by atoms with Crippen LogP contribution in [0.4, 0.5) is 5.82 Å². The van der Waals surface area contributed by atoms with E-state index in [1.54, 1.807) is 0 Å². The Morgan fingerprint density at radius 1 is 1.60 bits per heavy atom. The summed E-state index contributed by atoms with van der Waals surface area (Å²) in [6.07, 6.45) is 1.32. The lowest BCUT2D eigenvalue weighted by Gasteiger charge is -2.10. The second-order valence-corrected chi connectivity index (χ2v) is 5.70. The van der Waals surface area contributed by atoms with E-state index in [0.717, 1.165) is 28.7 Å². The van der Waals surface area contributed by atoms with Gasteiger partial charge in [-0.1, -0.05) is 0 Å². The molecular formula is C10H14BrN3S. The molecule has 3 nitrogen and oxygen atoms in total. The molecule has 1 aliphatic heterocycles. The van der Waals surface area contributed by atoms with Gasteiger partial charge in [0.05, 0.1) is 0 Å². The summed E-state index contributed by atoms with van der Waals surface area (Å²) in [6, 6.07) is 1.93. The summed E-state index contributed by atoms with van der Waals surface area (Å²) < 4.78 is 0.846. The van der Waals surface area contributed by atoms with Crippen molar-refractivity contribution in [2.75, 3.05) is 23.4 Å². The van der Waals surface area contributed by atoms with E-state index in [1.165, 1.54) is 17.9 Å². The molecule has 0 saturated carbocycles. The minimum atomic E-state index is 0.795. The molecule has 2 rings (SSSR count). The Morgan fingerprint density at radius 3 is 3.13 bits per heavy atom. The molecule has 0 aromatic carbocycles. The van der Waals surface area contributed by atoms with Crippen LogP contribution in [-0.2, 0) is 0 Å². The molecule has 0 bridgehead atoms. The van der Waals surface area contributed by atoms with Gasteiger partial charge in [0.2, 0.25) is 0 Å². The van der Waals surface area contributed by atoms with Crippen molar-refractivity contribution in [1.29, 1.82) is 0 Å². The van der Waals surface area contributed by atoms with E-state index in [2.05, 4.69) is 31.2 Å². The van der Waals surface area contributed by atoms with Crippen molar-refractivity contribution in [3.8, 4) is 0 Å². The molecule has 2 heterocycles. The average molecular weight is 288 g/mol. The van der Waals surface area contributed by atoms with Crippen LogP contribution in [0.1, 0.15) is 12.2 Å². The minimum Gasteiger partial charge on any atom is -0.370 e. The second kappa shape index (κ2) is 5.16. The summed E-state index contributed by atoms with van der Waals surface area (Å²) in [7, 11) is 0. The van der Waals surface area contributed by atoms with Crippen LogP contribution in [0.15, 0.2) is 10.7 Å². The maximum atomic E-state index is 4.34. The number of aromatic nitrogens is 2. The van der Waals surface area contributed by atoms with E-state index in [4.69, 9.17) is 0 Å². The molecule has 1 aliphatic rings. The zero-order valence-corrected chi connectivity index (χ0v) is 11.1. The first-order valence-electron chi connectivity index (χ1n) is 5.07. The van der Waals surface area contributed by atoms with Crippen molar-refractivity contribution in [2.45, 2.75) is 13.3 Å². The van der Waals surface area contributed by atoms with Gasteiger partial charge in [-0.2, -0.15) is 11.8 Å². The molecule has 1 unspecified atom stereocenters. The molecule has 1 aromatic heterocycles. The van der Waals surface area contributed by atoms with Crippen LogP contribution in [-0.4, -0.2) is 28.0 Å². The van der Waals surface area contributed by atoms with E-state index in [1.807, 2.05) is 24.8 Å². The molecule has 0 radical (unpaired) electrons. The van der Waals surface area contributed by atoms with Gasteiger partial charge in [-0.05, 0) is 46.7 Å². The summed E-state index contributed by atoms with van der Waals surface area (Å²) in [5.41, 5.74) is 0. The Kier molecular flexibility index (Phi) is 3.86. The van der Waals surface area contributed by atoms with Crippen LogP contribution in [0.3, 0.4) is 0 Å². The summed E-state index contributed by atoms with van der Waals surface area (Å²) >= 11 is 5.41. The zero-order chi connectivity index (χ0) is 10.7. The van der Waals surface area contributed by atoms with E-state index in [-0.39, 0.29) is 0 Å². The maximum Gasteiger partial charge on any atom is 0.130 e. The molecule has 0 amide bonds. The van der Waals surface area contributed by atoms with Crippen LogP contribution in [0, 0.1) is 12.8 Å². The fourth-order valence-corrected chi connectivity index (χ4v) is 3.37. The quantitative estimate of drug-likeness (QED) is 0.868. The predicted molar refractivity (Wildman–Crippen MR) is 68.4 cm³/mol. The van der Waals surface area contributed by atoms with Crippen molar-refractivity contribution < 1.29 is 0 Å². The van der Waals surface area contributed by atoms with E-state index < -0.39 is 0 Å². The van der Waals surface area contributed by atoms with Gasteiger partial charge in [0, 0.05) is 12.6 Å². The van der Waals surface area contributed by atoms with Gasteiger partial charge in [-0.15, -0.1) is 0 Å². The largest absolute Gasteiger partial charge is 0.370 e. The standard InChI is InChI=1S/C10H14BrN3S/c1-7-13-9(11)4-10(14-7)12-5-8-2-3-15-6-8/h4,8H,2-3,5-6H2,1H3,(H,12,13,14). The van der Waals surface area contributed by atoms with Gasteiger partial charge in [0.15, 0.2) is 0 Å². The Morgan fingerprint density at radius 2 is 2.47 bits per heavy atom. The monoisotopic (exact) mass is 287 g/mol. The minimum absolute atomic E-state index is 0.795. The number of thioether (sulfide) groups is 1. The van der Waals surface area contributed by atoms with Crippen molar-refractivity contribution in [3.05, 3.63) is 16.5 Å². The molecule has 0 spiro atoms. The van der Waals surface area contributed by atoms with Crippen molar-refractivity contribution in [1.82, 2.24) is 9.97 Å². The molecule has 0 aliphatic carbocycles. The van der Waals surface area contributed by atoms with Crippen LogP contribution in [0.5, 0.6) is 0 Å². The average Bonchev–Trinajstić information content (AvgIpc) is 2.65. The molecule has 15 heavy (non-hydrogen) atoms. The van der Waals surface area contributed by atoms with Gasteiger partial charge < -0.3 is 5.32 Å². The molecule has 1 N–H and O–H groups in total. The SMILES string of the molecule is Cc1nc(Br)cc(NCC2CCSC2)n1. The topological polar surface area (TPSA) is 37.8 Å². The lowest BCUT2D eigenvalue weighted by Crippen LogP contribution is -2.14. The second-order valence-electron chi connectivity index (χ2n) is 3.73. The number of halogens is 1. The number of nitrogens with zero attached hydrogens (tertiary/aromatic N) is 2. The third-order valence-corrected chi connectivity index (χ3v) is 4.04. The van der Waals surface area contributed by atoms with Gasteiger partial charge in [0.1, 0.15) is 16.2 Å². The Labute approximate surface area is 103 Å². The van der Waals surface area contributed by atoms with Crippen molar-refractivity contribution in [3.63, 3.8) is 0 Å².